The van der Waals surface area contributed by atoms with E-state index in [9.17, 15) is 0 Å². The molecule has 63 heavy (non-hydrogen) atoms. The van der Waals surface area contributed by atoms with Crippen LogP contribution in [0.2, 0.25) is 0 Å². The Hall–Kier alpha value is -7.50. The molecule has 0 aliphatic carbocycles. The van der Waals surface area contributed by atoms with Crippen molar-refractivity contribution in [2.24, 2.45) is 0 Å². The van der Waals surface area contributed by atoms with E-state index >= 15 is 0 Å². The fourth-order valence-electron chi connectivity index (χ4n) is 8.60. The highest BCUT2D eigenvalue weighted by molar-refractivity contribution is 7.25. The second kappa shape index (κ2) is 16.4. The highest BCUT2D eigenvalue weighted by Gasteiger charge is 2.17. The minimum absolute atomic E-state index is 0.673. The third kappa shape index (κ3) is 7.40. The molecule has 0 amide bonds. The zero-order valence-corrected chi connectivity index (χ0v) is 36.3. The zero-order valence-electron chi connectivity index (χ0n) is 34.6. The van der Waals surface area contributed by atoms with E-state index < -0.39 is 0 Å². The third-order valence-electron chi connectivity index (χ3n) is 11.8. The molecule has 298 valence electrons. The fourth-order valence-corrected chi connectivity index (χ4v) is 10.7. The van der Waals surface area contributed by atoms with Crippen molar-refractivity contribution in [2.75, 3.05) is 0 Å². The van der Waals surface area contributed by atoms with Crippen molar-refractivity contribution in [3.63, 3.8) is 0 Å². The maximum Gasteiger partial charge on any atom is 0.160 e. The van der Waals surface area contributed by atoms with Gasteiger partial charge in [0, 0.05) is 51.8 Å². The molecule has 0 fully saturated rings. The molecule has 0 atom stereocenters. The van der Waals surface area contributed by atoms with Gasteiger partial charge >= 0.3 is 0 Å². The standard InChI is InChI=1S/C59H40N2S2/c1-3-13-49-51-35-44(28-30-57(51)62-55(49)4-2)46-32-47(45-29-31-58-52(36-45)50-18-11-12-19-56(50)63-58)34-48(33-46)59-60-53(42-24-20-40(21-25-42)38-14-7-5-8-15-38)37-54(61-59)43-26-22-41(23-27-43)39-16-9-6-10-17-39/h3-37H,2H2,1H3/b13-3-. The number of hydrogen-bond donors (Lipinski definition) is 0. The van der Waals surface area contributed by atoms with Crippen LogP contribution in [0.3, 0.4) is 0 Å². The molecule has 11 aromatic rings. The summed E-state index contributed by atoms with van der Waals surface area (Å²) in [7, 11) is 0. The van der Waals surface area contributed by atoms with Crippen LogP contribution in [-0.2, 0) is 0 Å². The van der Waals surface area contributed by atoms with Gasteiger partial charge in [-0.2, -0.15) is 0 Å². The quantitative estimate of drug-likeness (QED) is 0.145. The molecule has 4 heteroatoms. The summed E-state index contributed by atoms with van der Waals surface area (Å²) < 4.78 is 3.82. The summed E-state index contributed by atoms with van der Waals surface area (Å²) in [6.45, 7) is 6.20. The van der Waals surface area contributed by atoms with Crippen molar-refractivity contribution in [2.45, 2.75) is 6.92 Å². The maximum atomic E-state index is 5.39. The molecule has 0 spiro atoms. The molecule has 3 aromatic heterocycles. The summed E-state index contributed by atoms with van der Waals surface area (Å²) in [5.41, 5.74) is 15.2. The van der Waals surface area contributed by atoms with E-state index in [1.807, 2.05) is 17.4 Å². The van der Waals surface area contributed by atoms with Crippen LogP contribution in [0.4, 0.5) is 0 Å². The second-order valence-corrected chi connectivity index (χ2v) is 17.9. The number of allylic oxidation sites excluding steroid dienone is 1. The van der Waals surface area contributed by atoms with Crippen LogP contribution in [-0.4, -0.2) is 9.97 Å². The summed E-state index contributed by atoms with van der Waals surface area (Å²) in [6.07, 6.45) is 6.27. The molecule has 2 nitrogen and oxygen atoms in total. The van der Waals surface area contributed by atoms with E-state index in [1.54, 1.807) is 11.3 Å². The number of benzene rings is 8. The van der Waals surface area contributed by atoms with E-state index in [0.717, 1.165) is 50.3 Å². The SMILES string of the molecule is C=Cc1sc2ccc(-c3cc(-c4ccc5sc6ccccc6c5c4)cc(-c4nc(-c5ccc(-c6ccccc6)cc5)cc(-c5ccc(-c6ccccc6)cc5)n4)c3)cc2c1/C=C\C. The van der Waals surface area contributed by atoms with Crippen LogP contribution < -0.4 is 0 Å². The fraction of sp³-hybridized carbons (Fsp3) is 0.0169. The highest BCUT2D eigenvalue weighted by Crippen LogP contribution is 2.41. The summed E-state index contributed by atoms with van der Waals surface area (Å²) in [5.74, 6) is 0.673. The topological polar surface area (TPSA) is 25.8 Å². The molecule has 11 rings (SSSR count). The molecule has 0 saturated heterocycles. The molecule has 0 unspecified atom stereocenters. The Morgan fingerprint density at radius 3 is 1.41 bits per heavy atom. The lowest BCUT2D eigenvalue weighted by Crippen LogP contribution is -1.97. The van der Waals surface area contributed by atoms with Crippen LogP contribution >= 0.6 is 22.7 Å². The molecule has 3 heterocycles. The first kappa shape index (κ1) is 38.4. The van der Waals surface area contributed by atoms with E-state index in [1.165, 1.54) is 63.0 Å². The molecule has 0 radical (unpaired) electrons. The zero-order chi connectivity index (χ0) is 42.3. The second-order valence-electron chi connectivity index (χ2n) is 15.8. The normalized spacial score (nSPS) is 11.6. The van der Waals surface area contributed by atoms with Crippen molar-refractivity contribution in [1.82, 2.24) is 9.97 Å². The minimum Gasteiger partial charge on any atom is -0.228 e. The molecule has 0 N–H and O–H groups in total. The molecule has 0 saturated carbocycles. The summed E-state index contributed by atoms with van der Waals surface area (Å²) >= 11 is 3.62. The van der Waals surface area contributed by atoms with Crippen molar-refractivity contribution in [3.05, 3.63) is 217 Å². The molecule has 0 bridgehead atoms. The van der Waals surface area contributed by atoms with Gasteiger partial charge in [0.15, 0.2) is 5.82 Å². The smallest absolute Gasteiger partial charge is 0.160 e. The lowest BCUT2D eigenvalue weighted by Gasteiger charge is -2.14. The van der Waals surface area contributed by atoms with E-state index in [-0.39, 0.29) is 0 Å². The predicted octanol–water partition coefficient (Wildman–Crippen LogP) is 17.4. The number of thiophene rings is 2. The highest BCUT2D eigenvalue weighted by atomic mass is 32.1. The lowest BCUT2D eigenvalue weighted by molar-refractivity contribution is 1.18. The maximum absolute atomic E-state index is 5.39. The summed E-state index contributed by atoms with van der Waals surface area (Å²) in [6, 6.07) is 69.8. The number of aromatic nitrogens is 2. The minimum atomic E-state index is 0.673. The van der Waals surface area contributed by atoms with E-state index in [0.29, 0.717) is 5.82 Å². The lowest BCUT2D eigenvalue weighted by atomic mass is 9.94. The van der Waals surface area contributed by atoms with Crippen molar-refractivity contribution in [3.8, 4) is 78.4 Å². The first-order valence-electron chi connectivity index (χ1n) is 21.2. The Kier molecular flexibility index (Phi) is 10.0. The van der Waals surface area contributed by atoms with Crippen LogP contribution in [0, 0.1) is 0 Å². The van der Waals surface area contributed by atoms with E-state index in [4.69, 9.17) is 9.97 Å². The Labute approximate surface area is 375 Å². The van der Waals surface area contributed by atoms with Gasteiger partial charge in [0.1, 0.15) is 0 Å². The molecule has 8 aromatic carbocycles. The van der Waals surface area contributed by atoms with Crippen molar-refractivity contribution >= 4 is 65.1 Å². The first-order valence-corrected chi connectivity index (χ1v) is 22.8. The van der Waals surface area contributed by atoms with E-state index in [2.05, 4.69) is 220 Å². The van der Waals surface area contributed by atoms with Gasteiger partial charge in [-0.3, -0.25) is 0 Å². The Morgan fingerprint density at radius 2 is 0.841 bits per heavy atom. The Morgan fingerprint density at radius 1 is 0.381 bits per heavy atom. The average Bonchev–Trinajstić information content (AvgIpc) is 3.91. The Bertz CT molecular complexity index is 3400. The van der Waals surface area contributed by atoms with Gasteiger partial charge in [-0.05, 0) is 112 Å². The van der Waals surface area contributed by atoms with Gasteiger partial charge < -0.3 is 0 Å². The summed E-state index contributed by atoms with van der Waals surface area (Å²) in [5, 5.41) is 3.78. The van der Waals surface area contributed by atoms with Crippen molar-refractivity contribution in [1.29, 1.82) is 0 Å². The number of fused-ring (bicyclic) bond motifs is 4. The van der Waals surface area contributed by atoms with Gasteiger partial charge in [0.05, 0.1) is 11.4 Å². The van der Waals surface area contributed by atoms with Gasteiger partial charge in [0.2, 0.25) is 0 Å². The third-order valence-corrected chi connectivity index (χ3v) is 14.1. The van der Waals surface area contributed by atoms with Crippen LogP contribution in [0.1, 0.15) is 17.4 Å². The molecule has 0 aliphatic rings. The number of nitrogens with zero attached hydrogens (tertiary/aromatic N) is 2. The largest absolute Gasteiger partial charge is 0.228 e. The molecule has 0 aliphatic heterocycles. The predicted molar refractivity (Wildman–Crippen MR) is 273 cm³/mol. The van der Waals surface area contributed by atoms with Gasteiger partial charge in [0.25, 0.3) is 0 Å². The average molecular weight is 841 g/mol. The molecular formula is C59H40N2S2. The Balaban J connectivity index is 1.11. The molecular weight excluding hydrogens is 801 g/mol. The van der Waals surface area contributed by atoms with Crippen LogP contribution in [0.25, 0.3) is 121 Å². The summed E-state index contributed by atoms with van der Waals surface area (Å²) in [4.78, 5) is 12.0. The van der Waals surface area contributed by atoms with Crippen LogP contribution in [0.15, 0.2) is 207 Å². The first-order chi connectivity index (χ1) is 31.1. The van der Waals surface area contributed by atoms with Crippen LogP contribution in [0.5, 0.6) is 0 Å². The van der Waals surface area contributed by atoms with Gasteiger partial charge in [-0.1, -0.05) is 164 Å². The van der Waals surface area contributed by atoms with Gasteiger partial charge in [-0.25, -0.2) is 9.97 Å². The van der Waals surface area contributed by atoms with Crippen molar-refractivity contribution < 1.29 is 0 Å². The van der Waals surface area contributed by atoms with Gasteiger partial charge in [-0.15, -0.1) is 22.7 Å². The monoisotopic (exact) mass is 840 g/mol. The number of hydrogen-bond acceptors (Lipinski definition) is 4. The number of rotatable bonds is 9.